The monoisotopic (exact) mass is 395 g/mol. The van der Waals surface area contributed by atoms with Gasteiger partial charge in [-0.05, 0) is 24.6 Å². The van der Waals surface area contributed by atoms with Crippen LogP contribution in [0.3, 0.4) is 0 Å². The molecular weight excluding hydrogens is 377 g/mol. The Hall–Kier alpha value is -1.23. The Morgan fingerprint density at radius 1 is 1.12 bits per heavy atom. The summed E-state index contributed by atoms with van der Waals surface area (Å²) in [6.07, 6.45) is 0.234. The van der Waals surface area contributed by atoms with Gasteiger partial charge in [0.25, 0.3) is 0 Å². The highest BCUT2D eigenvalue weighted by atomic mass is 35.5. The van der Waals surface area contributed by atoms with Crippen LogP contribution in [0.15, 0.2) is 48.5 Å². The minimum atomic E-state index is -3.17. The van der Waals surface area contributed by atoms with Gasteiger partial charge in [0.2, 0.25) is 0 Å². The molecule has 1 unspecified atom stereocenters. The van der Waals surface area contributed by atoms with Gasteiger partial charge < -0.3 is 9.05 Å². The number of alkyl halides is 1. The molecule has 7 heteroatoms. The summed E-state index contributed by atoms with van der Waals surface area (Å²) in [6.45, 7) is 2.35. The zero-order valence-electron chi connectivity index (χ0n) is 13.9. The lowest BCUT2D eigenvalue weighted by atomic mass is 10.2. The van der Waals surface area contributed by atoms with Crippen LogP contribution in [0.1, 0.15) is 12.5 Å². The van der Waals surface area contributed by atoms with E-state index in [1.807, 2.05) is 42.5 Å². The van der Waals surface area contributed by atoms with Gasteiger partial charge in [-0.2, -0.15) is 0 Å². The number of para-hydroxylation sites is 1. The van der Waals surface area contributed by atoms with E-state index in [0.717, 1.165) is 26.4 Å². The normalized spacial score (nSPS) is 13.8. The zero-order valence-corrected chi connectivity index (χ0v) is 16.3. The van der Waals surface area contributed by atoms with Crippen LogP contribution < -0.4 is 0 Å². The highest BCUT2D eigenvalue weighted by Crippen LogP contribution is 2.51. The van der Waals surface area contributed by atoms with Crippen molar-refractivity contribution in [2.45, 2.75) is 13.1 Å². The fourth-order valence-electron chi connectivity index (χ4n) is 2.47. The van der Waals surface area contributed by atoms with Gasteiger partial charge in [-0.15, -0.1) is 22.9 Å². The molecule has 0 bridgehead atoms. The second-order valence-corrected chi connectivity index (χ2v) is 8.86. The van der Waals surface area contributed by atoms with Crippen LogP contribution in [0.25, 0.3) is 20.8 Å². The Morgan fingerprint density at radius 3 is 2.56 bits per heavy atom. The number of hydrogen-bond acceptors (Lipinski definition) is 5. The Balaban J connectivity index is 1.78. The number of benzene rings is 2. The Morgan fingerprint density at radius 2 is 1.88 bits per heavy atom. The van der Waals surface area contributed by atoms with E-state index in [2.05, 4.69) is 11.1 Å². The molecule has 132 valence electrons. The van der Waals surface area contributed by atoms with Crippen LogP contribution in [0.5, 0.6) is 0 Å². The van der Waals surface area contributed by atoms with Crippen molar-refractivity contribution in [2.75, 3.05) is 19.1 Å². The van der Waals surface area contributed by atoms with E-state index in [4.69, 9.17) is 20.6 Å². The standard InChI is InChI=1S/C18H19ClNO3PS/c1-2-22-24(21,23-12-11-19)13-14-7-9-15(10-8-14)18-20-16-5-3-4-6-17(16)25-18/h3-10H,2,11-13H2,1H3. The number of halogens is 1. The summed E-state index contributed by atoms with van der Waals surface area (Å²) in [7, 11) is -3.17. The van der Waals surface area contributed by atoms with Gasteiger partial charge in [-0.25, -0.2) is 4.98 Å². The average molecular weight is 396 g/mol. The molecule has 0 saturated carbocycles. The van der Waals surface area contributed by atoms with Crippen molar-refractivity contribution in [2.24, 2.45) is 0 Å². The van der Waals surface area contributed by atoms with E-state index in [9.17, 15) is 4.57 Å². The van der Waals surface area contributed by atoms with Crippen molar-refractivity contribution in [3.8, 4) is 10.6 Å². The quantitative estimate of drug-likeness (QED) is 0.349. The minimum Gasteiger partial charge on any atom is -0.309 e. The molecular formula is C18H19ClNO3PS. The number of thiazole rings is 1. The topological polar surface area (TPSA) is 48.4 Å². The van der Waals surface area contributed by atoms with Gasteiger partial charge in [-0.1, -0.05) is 36.4 Å². The Labute approximate surface area is 156 Å². The third-order valence-electron chi connectivity index (χ3n) is 3.56. The van der Waals surface area contributed by atoms with Gasteiger partial charge in [0.05, 0.1) is 29.6 Å². The smallest absolute Gasteiger partial charge is 0.309 e. The predicted octanol–water partition coefficient (Wildman–Crippen LogP) is 5.95. The molecule has 3 rings (SSSR count). The highest BCUT2D eigenvalue weighted by Gasteiger charge is 2.24. The van der Waals surface area contributed by atoms with E-state index in [-0.39, 0.29) is 18.6 Å². The van der Waals surface area contributed by atoms with Gasteiger partial charge in [-0.3, -0.25) is 4.57 Å². The molecule has 1 atom stereocenters. The number of rotatable bonds is 8. The fourth-order valence-corrected chi connectivity index (χ4v) is 5.30. The summed E-state index contributed by atoms with van der Waals surface area (Å²) in [6, 6.07) is 15.9. The maximum atomic E-state index is 12.7. The molecule has 0 N–H and O–H groups in total. The maximum absolute atomic E-state index is 12.7. The number of hydrogen-bond donors (Lipinski definition) is 0. The molecule has 4 nitrogen and oxygen atoms in total. The third-order valence-corrected chi connectivity index (χ3v) is 6.78. The van der Waals surface area contributed by atoms with Gasteiger partial charge in [0, 0.05) is 11.4 Å². The lowest BCUT2D eigenvalue weighted by Gasteiger charge is -2.17. The molecule has 0 aliphatic rings. The van der Waals surface area contributed by atoms with Crippen LogP contribution in [-0.4, -0.2) is 24.1 Å². The van der Waals surface area contributed by atoms with Crippen LogP contribution in [0.4, 0.5) is 0 Å². The molecule has 0 aliphatic heterocycles. The summed E-state index contributed by atoms with van der Waals surface area (Å²) >= 11 is 7.28. The van der Waals surface area contributed by atoms with Crippen LogP contribution in [0.2, 0.25) is 0 Å². The Bertz CT molecular complexity index is 848. The fraction of sp³-hybridized carbons (Fsp3) is 0.278. The molecule has 0 amide bonds. The van der Waals surface area contributed by atoms with Gasteiger partial charge in [0.1, 0.15) is 5.01 Å². The number of fused-ring (bicyclic) bond motifs is 1. The Kier molecular flexibility index (Phi) is 6.26. The molecule has 0 saturated heterocycles. The van der Waals surface area contributed by atoms with E-state index >= 15 is 0 Å². The highest BCUT2D eigenvalue weighted by molar-refractivity contribution is 7.53. The van der Waals surface area contributed by atoms with E-state index < -0.39 is 7.60 Å². The first-order valence-electron chi connectivity index (χ1n) is 8.02. The number of nitrogens with zero attached hydrogens (tertiary/aromatic N) is 1. The van der Waals surface area contributed by atoms with E-state index in [1.165, 1.54) is 0 Å². The molecule has 0 radical (unpaired) electrons. The molecule has 25 heavy (non-hydrogen) atoms. The second kappa shape index (κ2) is 8.43. The van der Waals surface area contributed by atoms with E-state index in [1.54, 1.807) is 18.3 Å². The van der Waals surface area contributed by atoms with E-state index in [0.29, 0.717) is 6.61 Å². The van der Waals surface area contributed by atoms with Crippen molar-refractivity contribution in [1.29, 1.82) is 0 Å². The lowest BCUT2D eigenvalue weighted by Crippen LogP contribution is -2.01. The molecule has 1 aromatic heterocycles. The van der Waals surface area contributed by atoms with Crippen molar-refractivity contribution in [1.82, 2.24) is 4.98 Å². The lowest BCUT2D eigenvalue weighted by molar-refractivity contribution is 0.220. The van der Waals surface area contributed by atoms with Crippen LogP contribution >= 0.6 is 30.5 Å². The summed E-state index contributed by atoms with van der Waals surface area (Å²) in [5.74, 6) is 0.285. The van der Waals surface area contributed by atoms with Crippen molar-refractivity contribution in [3.05, 3.63) is 54.1 Å². The first kappa shape index (κ1) is 18.6. The largest absolute Gasteiger partial charge is 0.335 e. The zero-order chi connectivity index (χ0) is 17.7. The van der Waals surface area contributed by atoms with Crippen molar-refractivity contribution in [3.63, 3.8) is 0 Å². The molecule has 0 spiro atoms. The van der Waals surface area contributed by atoms with Crippen LogP contribution in [-0.2, 0) is 19.8 Å². The molecule has 0 fully saturated rings. The first-order valence-corrected chi connectivity index (χ1v) is 11.1. The molecule has 2 aromatic carbocycles. The average Bonchev–Trinajstić information content (AvgIpc) is 3.05. The summed E-state index contributed by atoms with van der Waals surface area (Å²) in [5.41, 5.74) is 2.94. The summed E-state index contributed by atoms with van der Waals surface area (Å²) in [5, 5.41) is 0.971. The SMILES string of the molecule is CCOP(=O)(Cc1ccc(-c2nc3ccccc3s2)cc1)OCCCl. The van der Waals surface area contributed by atoms with Crippen molar-refractivity contribution >= 4 is 40.8 Å². The maximum Gasteiger partial charge on any atom is 0.335 e. The molecule has 3 aromatic rings. The van der Waals surface area contributed by atoms with Crippen LogP contribution in [0, 0.1) is 0 Å². The van der Waals surface area contributed by atoms with Crippen molar-refractivity contribution < 1.29 is 13.6 Å². The molecule has 1 heterocycles. The minimum absolute atomic E-state index is 0.211. The summed E-state index contributed by atoms with van der Waals surface area (Å²) < 4.78 is 24.6. The number of aromatic nitrogens is 1. The second-order valence-electron chi connectivity index (χ2n) is 5.39. The first-order chi connectivity index (χ1) is 12.1. The molecule has 0 aliphatic carbocycles. The van der Waals surface area contributed by atoms with Gasteiger partial charge >= 0.3 is 7.60 Å². The predicted molar refractivity (Wildman–Crippen MR) is 105 cm³/mol. The van der Waals surface area contributed by atoms with Gasteiger partial charge in [0.15, 0.2) is 0 Å². The summed E-state index contributed by atoms with van der Waals surface area (Å²) in [4.78, 5) is 4.66. The third kappa shape index (κ3) is 4.69.